The molecule has 0 heterocycles. The molecule has 0 radical (unpaired) electrons. The van der Waals surface area contributed by atoms with Crippen LogP contribution in [0, 0.1) is 11.3 Å². The van der Waals surface area contributed by atoms with Crippen LogP contribution in [0.2, 0.25) is 0 Å². The van der Waals surface area contributed by atoms with Crippen molar-refractivity contribution in [1.82, 2.24) is 10.2 Å². The first kappa shape index (κ1) is 15.3. The topological polar surface area (TPSA) is 15.3 Å². The van der Waals surface area contributed by atoms with E-state index in [0.717, 1.165) is 12.0 Å². The number of hydrogen-bond acceptors (Lipinski definition) is 2. The van der Waals surface area contributed by atoms with E-state index in [1.807, 2.05) is 0 Å². The summed E-state index contributed by atoms with van der Waals surface area (Å²) >= 11 is 0. The number of nitrogens with one attached hydrogen (secondary N) is 1. The van der Waals surface area contributed by atoms with Crippen LogP contribution in [0.15, 0.2) is 0 Å². The quantitative estimate of drug-likeness (QED) is 0.674. The van der Waals surface area contributed by atoms with Crippen molar-refractivity contribution in [2.24, 2.45) is 11.3 Å². The number of hydrogen-bond donors (Lipinski definition) is 1. The Balaban J connectivity index is 1.95. The van der Waals surface area contributed by atoms with Gasteiger partial charge in [-0.1, -0.05) is 33.6 Å². The molecule has 0 aromatic rings. The fourth-order valence-electron chi connectivity index (χ4n) is 4.03. The molecule has 19 heavy (non-hydrogen) atoms. The van der Waals surface area contributed by atoms with Gasteiger partial charge in [-0.3, -0.25) is 0 Å². The average Bonchev–Trinajstić information content (AvgIpc) is 3.21. The van der Waals surface area contributed by atoms with Gasteiger partial charge in [0.2, 0.25) is 0 Å². The van der Waals surface area contributed by atoms with Crippen LogP contribution < -0.4 is 5.32 Å². The van der Waals surface area contributed by atoms with E-state index in [1.54, 1.807) is 0 Å². The van der Waals surface area contributed by atoms with E-state index >= 15 is 0 Å². The van der Waals surface area contributed by atoms with Crippen molar-refractivity contribution >= 4 is 0 Å². The molecule has 0 bridgehead atoms. The maximum atomic E-state index is 3.73. The third-order valence-electron chi connectivity index (χ3n) is 5.12. The lowest BCUT2D eigenvalue weighted by Crippen LogP contribution is -2.47. The lowest BCUT2D eigenvalue weighted by atomic mass is 9.69. The molecule has 0 aromatic carbocycles. The largest absolute Gasteiger partial charge is 0.316 e. The maximum absolute atomic E-state index is 3.73. The standard InChI is InChI=1S/C17H34N2/c1-4-11-18-13-17(10-6-7-15(3)12-17)14-19(5-2)16-8-9-16/h15-16,18H,4-14H2,1-3H3. The SMILES string of the molecule is CCCNCC1(CN(CC)C2CC2)CCCC(C)C1. The molecule has 112 valence electrons. The second kappa shape index (κ2) is 7.08. The Morgan fingerprint density at radius 2 is 2.00 bits per heavy atom. The molecule has 2 rings (SSSR count). The Labute approximate surface area is 120 Å². The summed E-state index contributed by atoms with van der Waals surface area (Å²) in [5, 5.41) is 3.73. The third kappa shape index (κ3) is 4.46. The van der Waals surface area contributed by atoms with Gasteiger partial charge < -0.3 is 10.2 Å². The van der Waals surface area contributed by atoms with Crippen LogP contribution in [0.5, 0.6) is 0 Å². The van der Waals surface area contributed by atoms with Crippen LogP contribution in [0.3, 0.4) is 0 Å². The molecule has 2 fully saturated rings. The highest BCUT2D eigenvalue weighted by Crippen LogP contribution is 2.41. The highest BCUT2D eigenvalue weighted by molar-refractivity contribution is 4.93. The Morgan fingerprint density at radius 1 is 1.21 bits per heavy atom. The molecule has 2 saturated carbocycles. The number of nitrogens with zero attached hydrogens (tertiary/aromatic N) is 1. The summed E-state index contributed by atoms with van der Waals surface area (Å²) in [5.74, 6) is 0.926. The highest BCUT2D eigenvalue weighted by atomic mass is 15.2. The molecule has 0 aliphatic heterocycles. The van der Waals surface area contributed by atoms with Crippen molar-refractivity contribution in [2.45, 2.75) is 71.8 Å². The van der Waals surface area contributed by atoms with E-state index in [4.69, 9.17) is 0 Å². The van der Waals surface area contributed by atoms with Crippen LogP contribution in [0.1, 0.15) is 65.7 Å². The fraction of sp³-hybridized carbons (Fsp3) is 1.00. The zero-order chi connectivity index (χ0) is 13.7. The normalized spacial score (nSPS) is 31.9. The van der Waals surface area contributed by atoms with Gasteiger partial charge in [0.25, 0.3) is 0 Å². The molecule has 0 spiro atoms. The first-order valence-corrected chi connectivity index (χ1v) is 8.64. The monoisotopic (exact) mass is 266 g/mol. The molecule has 0 saturated heterocycles. The Kier molecular flexibility index (Phi) is 5.70. The van der Waals surface area contributed by atoms with Crippen molar-refractivity contribution in [3.05, 3.63) is 0 Å². The molecule has 0 aromatic heterocycles. The molecular weight excluding hydrogens is 232 g/mol. The van der Waals surface area contributed by atoms with Crippen molar-refractivity contribution in [1.29, 1.82) is 0 Å². The molecule has 2 aliphatic rings. The zero-order valence-corrected chi connectivity index (χ0v) is 13.4. The Bertz CT molecular complexity index is 262. The first-order valence-electron chi connectivity index (χ1n) is 8.64. The van der Waals surface area contributed by atoms with Crippen molar-refractivity contribution in [3.8, 4) is 0 Å². The average molecular weight is 266 g/mol. The summed E-state index contributed by atoms with van der Waals surface area (Å²) in [7, 11) is 0. The molecule has 2 atom stereocenters. The van der Waals surface area contributed by atoms with E-state index < -0.39 is 0 Å². The molecule has 2 aliphatic carbocycles. The highest BCUT2D eigenvalue weighted by Gasteiger charge is 2.39. The zero-order valence-electron chi connectivity index (χ0n) is 13.4. The van der Waals surface area contributed by atoms with Gasteiger partial charge in [-0.2, -0.15) is 0 Å². The minimum absolute atomic E-state index is 0.561. The second-order valence-electron chi connectivity index (χ2n) is 7.17. The van der Waals surface area contributed by atoms with E-state index in [9.17, 15) is 0 Å². The van der Waals surface area contributed by atoms with Crippen LogP contribution in [-0.4, -0.2) is 37.1 Å². The third-order valence-corrected chi connectivity index (χ3v) is 5.12. The fourth-order valence-corrected chi connectivity index (χ4v) is 4.03. The minimum atomic E-state index is 0.561. The summed E-state index contributed by atoms with van der Waals surface area (Å²) in [5.41, 5.74) is 0.561. The molecule has 2 heteroatoms. The van der Waals surface area contributed by atoms with Crippen molar-refractivity contribution in [2.75, 3.05) is 26.2 Å². The van der Waals surface area contributed by atoms with Gasteiger partial charge in [0.1, 0.15) is 0 Å². The van der Waals surface area contributed by atoms with Gasteiger partial charge in [-0.15, -0.1) is 0 Å². The van der Waals surface area contributed by atoms with Crippen molar-refractivity contribution in [3.63, 3.8) is 0 Å². The summed E-state index contributed by atoms with van der Waals surface area (Å²) in [6, 6.07) is 0.922. The molecule has 2 unspecified atom stereocenters. The predicted octanol–water partition coefficient (Wildman–Crippen LogP) is 3.67. The van der Waals surface area contributed by atoms with Gasteiger partial charge >= 0.3 is 0 Å². The van der Waals surface area contributed by atoms with Gasteiger partial charge in [0.15, 0.2) is 0 Å². The lowest BCUT2D eigenvalue weighted by molar-refractivity contribution is 0.0787. The first-order chi connectivity index (χ1) is 9.19. The Morgan fingerprint density at radius 3 is 2.58 bits per heavy atom. The van der Waals surface area contributed by atoms with E-state index in [2.05, 4.69) is 31.0 Å². The van der Waals surface area contributed by atoms with E-state index in [0.29, 0.717) is 5.41 Å². The molecule has 2 nitrogen and oxygen atoms in total. The minimum Gasteiger partial charge on any atom is -0.316 e. The number of rotatable bonds is 8. The summed E-state index contributed by atoms with van der Waals surface area (Å²) in [6.07, 6.45) is 9.92. The second-order valence-corrected chi connectivity index (χ2v) is 7.17. The summed E-state index contributed by atoms with van der Waals surface area (Å²) in [4.78, 5) is 2.77. The smallest absolute Gasteiger partial charge is 0.00965 e. The van der Waals surface area contributed by atoms with Crippen LogP contribution >= 0.6 is 0 Å². The predicted molar refractivity (Wildman–Crippen MR) is 83.5 cm³/mol. The van der Waals surface area contributed by atoms with Crippen molar-refractivity contribution < 1.29 is 0 Å². The van der Waals surface area contributed by atoms with Gasteiger partial charge in [0, 0.05) is 19.1 Å². The summed E-state index contributed by atoms with van der Waals surface area (Å²) in [6.45, 7) is 12.1. The van der Waals surface area contributed by atoms with Crippen LogP contribution in [0.25, 0.3) is 0 Å². The molecule has 0 amide bonds. The van der Waals surface area contributed by atoms with Crippen LogP contribution in [-0.2, 0) is 0 Å². The van der Waals surface area contributed by atoms with E-state index in [1.165, 1.54) is 71.1 Å². The molecular formula is C17H34N2. The summed E-state index contributed by atoms with van der Waals surface area (Å²) < 4.78 is 0. The Hall–Kier alpha value is -0.0800. The van der Waals surface area contributed by atoms with Gasteiger partial charge in [-0.25, -0.2) is 0 Å². The molecule has 1 N–H and O–H groups in total. The van der Waals surface area contributed by atoms with E-state index in [-0.39, 0.29) is 0 Å². The van der Waals surface area contributed by atoms with Gasteiger partial charge in [-0.05, 0) is 56.5 Å². The van der Waals surface area contributed by atoms with Crippen LogP contribution in [0.4, 0.5) is 0 Å². The maximum Gasteiger partial charge on any atom is 0.00965 e. The lowest BCUT2D eigenvalue weighted by Gasteiger charge is -2.43. The van der Waals surface area contributed by atoms with Gasteiger partial charge in [0.05, 0.1) is 0 Å².